The summed E-state index contributed by atoms with van der Waals surface area (Å²) in [6.07, 6.45) is 0. The molecule has 0 fully saturated rings. The lowest BCUT2D eigenvalue weighted by atomic mass is 9.96. The summed E-state index contributed by atoms with van der Waals surface area (Å²) in [4.78, 5) is 44.0. The zero-order chi connectivity index (χ0) is 21.7. The second-order valence-electron chi connectivity index (χ2n) is 7.18. The summed E-state index contributed by atoms with van der Waals surface area (Å²) in [5.41, 5.74) is 2.84. The maximum Gasteiger partial charge on any atom is 0.338 e. The third kappa shape index (κ3) is 2.87. The predicted molar refractivity (Wildman–Crippen MR) is 116 cm³/mol. The summed E-state index contributed by atoms with van der Waals surface area (Å²) >= 11 is 1.15. The van der Waals surface area contributed by atoms with Gasteiger partial charge in [0.05, 0.1) is 30.0 Å². The van der Waals surface area contributed by atoms with E-state index in [-0.39, 0.29) is 11.5 Å². The van der Waals surface area contributed by atoms with E-state index in [0.717, 1.165) is 16.9 Å². The number of benzene rings is 2. The molecule has 2 aliphatic rings. The number of ether oxygens (including phenoxy) is 1. The molecule has 1 atom stereocenters. The number of allylic oxidation sites excluding steroid dienone is 1. The third-order valence-electron chi connectivity index (χ3n) is 5.42. The molecule has 0 aliphatic carbocycles. The number of thiazole rings is 1. The number of methoxy groups -OCH3 is 1. The van der Waals surface area contributed by atoms with E-state index in [1.807, 2.05) is 42.5 Å². The number of esters is 1. The van der Waals surface area contributed by atoms with Crippen molar-refractivity contribution in [2.75, 3.05) is 12.4 Å². The van der Waals surface area contributed by atoms with Gasteiger partial charge in [0, 0.05) is 11.3 Å². The summed E-state index contributed by atoms with van der Waals surface area (Å²) in [5, 5.41) is 2.81. The largest absolute Gasteiger partial charge is 0.466 e. The zero-order valence-electron chi connectivity index (χ0n) is 16.7. The minimum absolute atomic E-state index is 0.293. The number of amides is 1. The van der Waals surface area contributed by atoms with Gasteiger partial charge in [-0.1, -0.05) is 59.9 Å². The fourth-order valence-corrected chi connectivity index (χ4v) is 5.18. The first-order valence-electron chi connectivity index (χ1n) is 9.60. The number of carbonyl (C=O) groups excluding carboxylic acids is 2. The Morgan fingerprint density at radius 3 is 2.55 bits per heavy atom. The number of hydrogen-bond acceptors (Lipinski definition) is 6. The molecule has 5 rings (SSSR count). The van der Waals surface area contributed by atoms with Crippen LogP contribution in [0.2, 0.25) is 0 Å². The van der Waals surface area contributed by atoms with Crippen molar-refractivity contribution >= 4 is 34.5 Å². The second kappa shape index (κ2) is 7.17. The molecule has 1 N–H and O–H groups in total. The highest BCUT2D eigenvalue weighted by atomic mass is 32.1. The van der Waals surface area contributed by atoms with Gasteiger partial charge in [-0.15, -0.1) is 0 Å². The minimum Gasteiger partial charge on any atom is -0.466 e. The van der Waals surface area contributed by atoms with E-state index in [1.165, 1.54) is 11.7 Å². The Balaban J connectivity index is 1.85. The lowest BCUT2D eigenvalue weighted by molar-refractivity contribution is -0.136. The summed E-state index contributed by atoms with van der Waals surface area (Å²) in [6.45, 7) is 1.72. The summed E-state index contributed by atoms with van der Waals surface area (Å²) in [5.74, 6) is -0.872. The van der Waals surface area contributed by atoms with Gasteiger partial charge < -0.3 is 10.1 Å². The second-order valence-corrected chi connectivity index (χ2v) is 8.16. The van der Waals surface area contributed by atoms with Crippen LogP contribution in [-0.4, -0.2) is 23.6 Å². The number of anilines is 1. The van der Waals surface area contributed by atoms with Crippen LogP contribution in [0.25, 0.3) is 5.57 Å². The number of nitrogens with one attached hydrogen (secondary N) is 1. The molecule has 0 bridgehead atoms. The van der Waals surface area contributed by atoms with Crippen molar-refractivity contribution in [3.63, 3.8) is 0 Å². The predicted octanol–water partition coefficient (Wildman–Crippen LogP) is 1.73. The minimum atomic E-state index is -0.695. The summed E-state index contributed by atoms with van der Waals surface area (Å²) < 4.78 is 6.77. The normalized spacial score (nSPS) is 18.8. The SMILES string of the molecule is COC(=O)C1=C(C)N=c2sc(=C3C(=O)Nc4ccccc43)c(=O)n2C1c1ccccc1. The molecule has 3 aromatic rings. The van der Waals surface area contributed by atoms with Gasteiger partial charge in [-0.3, -0.25) is 14.2 Å². The molecular formula is C23H17N3O4S. The van der Waals surface area contributed by atoms with Crippen LogP contribution >= 0.6 is 11.3 Å². The maximum atomic E-state index is 13.6. The zero-order valence-corrected chi connectivity index (χ0v) is 17.5. The summed E-state index contributed by atoms with van der Waals surface area (Å²) in [7, 11) is 1.30. The van der Waals surface area contributed by atoms with Gasteiger partial charge in [-0.2, -0.15) is 0 Å². The average Bonchev–Trinajstić information content (AvgIpc) is 3.28. The lowest BCUT2D eigenvalue weighted by Crippen LogP contribution is -2.40. The number of para-hydroxylation sites is 1. The highest BCUT2D eigenvalue weighted by molar-refractivity contribution is 7.07. The maximum absolute atomic E-state index is 13.6. The number of nitrogens with zero attached hydrogens (tertiary/aromatic N) is 2. The first kappa shape index (κ1) is 19.2. The van der Waals surface area contributed by atoms with Crippen molar-refractivity contribution in [2.45, 2.75) is 13.0 Å². The molecule has 7 nitrogen and oxygen atoms in total. The Kier molecular flexibility index (Phi) is 4.44. The van der Waals surface area contributed by atoms with E-state index < -0.39 is 12.0 Å². The molecule has 8 heteroatoms. The quantitative estimate of drug-likeness (QED) is 0.626. The van der Waals surface area contributed by atoms with E-state index in [2.05, 4.69) is 10.3 Å². The van der Waals surface area contributed by atoms with Crippen molar-refractivity contribution in [3.05, 3.63) is 96.7 Å². The van der Waals surface area contributed by atoms with Crippen molar-refractivity contribution in [1.82, 2.24) is 4.57 Å². The van der Waals surface area contributed by atoms with Crippen molar-refractivity contribution < 1.29 is 14.3 Å². The average molecular weight is 431 g/mol. The highest BCUT2D eigenvalue weighted by Gasteiger charge is 2.34. The number of hydrogen-bond donors (Lipinski definition) is 1. The molecule has 0 spiro atoms. The van der Waals surface area contributed by atoms with Gasteiger partial charge in [0.1, 0.15) is 4.53 Å². The van der Waals surface area contributed by atoms with Crippen molar-refractivity contribution in [2.24, 2.45) is 4.99 Å². The van der Waals surface area contributed by atoms with E-state index in [1.54, 1.807) is 19.1 Å². The molecule has 1 amide bonds. The van der Waals surface area contributed by atoms with Gasteiger partial charge >= 0.3 is 5.97 Å². The molecule has 1 aromatic heterocycles. The monoisotopic (exact) mass is 431 g/mol. The topological polar surface area (TPSA) is 89.8 Å². The molecule has 0 saturated heterocycles. The Morgan fingerprint density at radius 1 is 1.10 bits per heavy atom. The van der Waals surface area contributed by atoms with Crippen LogP contribution in [0, 0.1) is 0 Å². The molecule has 2 aromatic carbocycles. The van der Waals surface area contributed by atoms with E-state index >= 15 is 0 Å². The van der Waals surface area contributed by atoms with E-state index in [0.29, 0.717) is 37.4 Å². The molecule has 2 aliphatic heterocycles. The molecule has 154 valence electrons. The Morgan fingerprint density at radius 2 is 1.81 bits per heavy atom. The van der Waals surface area contributed by atoms with Gasteiger partial charge in [-0.05, 0) is 18.6 Å². The van der Waals surface area contributed by atoms with Gasteiger partial charge in [0.2, 0.25) is 0 Å². The van der Waals surface area contributed by atoms with Gasteiger partial charge in [0.15, 0.2) is 4.80 Å². The van der Waals surface area contributed by atoms with Crippen LogP contribution in [0.4, 0.5) is 5.69 Å². The van der Waals surface area contributed by atoms with Gasteiger partial charge in [-0.25, -0.2) is 9.79 Å². The molecule has 0 saturated carbocycles. The van der Waals surface area contributed by atoms with E-state index in [4.69, 9.17) is 4.74 Å². The van der Waals surface area contributed by atoms with Crippen LogP contribution < -0.4 is 20.2 Å². The number of fused-ring (bicyclic) bond motifs is 2. The van der Waals surface area contributed by atoms with Crippen LogP contribution in [0.15, 0.2) is 75.7 Å². The van der Waals surface area contributed by atoms with Crippen molar-refractivity contribution in [1.29, 1.82) is 0 Å². The van der Waals surface area contributed by atoms with Crippen LogP contribution in [0.1, 0.15) is 24.1 Å². The number of aromatic nitrogens is 1. The standard InChI is InChI=1S/C23H17N3O4S/c1-12-16(22(29)30-2)18(13-8-4-3-5-9-13)26-21(28)19(31-23(26)24-12)17-14-10-6-7-11-15(14)25-20(17)27/h3-11,18H,1-2H3,(H,25,27). The molecule has 0 radical (unpaired) electrons. The summed E-state index contributed by atoms with van der Waals surface area (Å²) in [6, 6.07) is 15.8. The third-order valence-corrected chi connectivity index (χ3v) is 6.47. The molecule has 1 unspecified atom stereocenters. The van der Waals surface area contributed by atoms with Crippen LogP contribution in [0.5, 0.6) is 0 Å². The number of rotatable bonds is 2. The molecule has 3 heterocycles. The van der Waals surface area contributed by atoms with Crippen molar-refractivity contribution in [3.8, 4) is 0 Å². The first-order chi connectivity index (χ1) is 15.0. The Labute approximate surface area is 180 Å². The fraction of sp³-hybridized carbons (Fsp3) is 0.130. The van der Waals surface area contributed by atoms with Gasteiger partial charge in [0.25, 0.3) is 11.5 Å². The molecule has 31 heavy (non-hydrogen) atoms. The van der Waals surface area contributed by atoms with E-state index in [9.17, 15) is 14.4 Å². The smallest absolute Gasteiger partial charge is 0.338 e. The Bertz CT molecular complexity index is 1460. The first-order valence-corrected chi connectivity index (χ1v) is 10.4. The highest BCUT2D eigenvalue weighted by Crippen LogP contribution is 2.32. The molecular weight excluding hydrogens is 414 g/mol. The lowest BCUT2D eigenvalue weighted by Gasteiger charge is -2.24. The Hall–Kier alpha value is -3.78. The number of carbonyl (C=O) groups is 2. The fourth-order valence-electron chi connectivity index (χ4n) is 4.04. The van der Waals surface area contributed by atoms with Crippen LogP contribution in [-0.2, 0) is 14.3 Å². The van der Waals surface area contributed by atoms with Crippen LogP contribution in [0.3, 0.4) is 0 Å².